The first-order chi connectivity index (χ1) is 23.4. The molecule has 5 aromatic carbocycles. The molecule has 0 N–H and O–H groups in total. The average molecular weight is 819 g/mol. The minimum Gasteiger partial charge on any atom is -0.509 e. The largest absolute Gasteiger partial charge is 0.509 e. The number of benzene rings is 5. The second-order valence-corrected chi connectivity index (χ2v) is 13.0. The number of para-hydroxylation sites is 4. The number of anilines is 4. The second kappa shape index (κ2) is 12.0. The van der Waals surface area contributed by atoms with E-state index in [4.69, 9.17) is 9.15 Å². The van der Waals surface area contributed by atoms with E-state index >= 15 is 0 Å². The summed E-state index contributed by atoms with van der Waals surface area (Å²) in [6, 6.07) is 48.0. The molecule has 9 rings (SSSR count). The quantitative estimate of drug-likeness (QED) is 0.162. The SMILES string of the molecule is CC(C)(C)c1ccccc1N1[CH-]N(c2[c-]c(Oc3[c-]c4c(cc3)c3oc5ccccc5c3n4-c3ccccn3)ccc2)c2ccccc21.[Pt]. The van der Waals surface area contributed by atoms with Gasteiger partial charge in [-0.2, -0.15) is 12.1 Å². The normalized spacial score (nSPS) is 12.9. The van der Waals surface area contributed by atoms with Gasteiger partial charge < -0.3 is 23.5 Å². The van der Waals surface area contributed by atoms with Crippen LogP contribution in [-0.2, 0) is 26.5 Å². The summed E-state index contributed by atoms with van der Waals surface area (Å²) in [6.45, 7) is 8.90. The first-order valence-corrected chi connectivity index (χ1v) is 16.1. The number of ether oxygens (including phenoxy) is 1. The molecule has 0 amide bonds. The third-order valence-corrected chi connectivity index (χ3v) is 8.87. The van der Waals surface area contributed by atoms with Crippen LogP contribution in [-0.4, -0.2) is 9.55 Å². The molecule has 4 heterocycles. The van der Waals surface area contributed by atoms with Crippen molar-refractivity contribution in [3.8, 4) is 17.3 Å². The van der Waals surface area contributed by atoms with Crippen LogP contribution < -0.4 is 14.5 Å². The molecule has 0 unspecified atom stereocenters. The van der Waals surface area contributed by atoms with E-state index in [9.17, 15) is 0 Å². The molecule has 0 spiro atoms. The van der Waals surface area contributed by atoms with Crippen molar-refractivity contribution >= 4 is 55.7 Å². The van der Waals surface area contributed by atoms with Crippen molar-refractivity contribution in [2.24, 2.45) is 0 Å². The van der Waals surface area contributed by atoms with E-state index in [1.54, 1.807) is 6.20 Å². The number of furan rings is 1. The summed E-state index contributed by atoms with van der Waals surface area (Å²) in [5, 5.41) is 1.96. The van der Waals surface area contributed by atoms with Gasteiger partial charge in [0.05, 0.1) is 5.52 Å². The van der Waals surface area contributed by atoms with Crippen molar-refractivity contribution < 1.29 is 30.2 Å². The molecule has 49 heavy (non-hydrogen) atoms. The maximum atomic E-state index is 6.47. The van der Waals surface area contributed by atoms with Crippen LogP contribution in [0.25, 0.3) is 38.8 Å². The molecular weight excluding hydrogens is 788 g/mol. The van der Waals surface area contributed by atoms with E-state index in [0.29, 0.717) is 11.5 Å². The van der Waals surface area contributed by atoms with Gasteiger partial charge in [-0.25, -0.2) is 4.98 Å². The van der Waals surface area contributed by atoms with Gasteiger partial charge in [-0.1, -0.05) is 80.2 Å². The van der Waals surface area contributed by atoms with Crippen molar-refractivity contribution in [3.63, 3.8) is 0 Å². The number of pyridine rings is 1. The number of aromatic nitrogens is 2. The van der Waals surface area contributed by atoms with Crippen molar-refractivity contribution in [2.45, 2.75) is 26.2 Å². The zero-order valence-electron chi connectivity index (χ0n) is 27.1. The van der Waals surface area contributed by atoms with Crippen molar-refractivity contribution in [1.82, 2.24) is 9.55 Å². The van der Waals surface area contributed by atoms with Crippen LogP contribution in [0.3, 0.4) is 0 Å². The predicted octanol–water partition coefficient (Wildman–Crippen LogP) is 11.0. The van der Waals surface area contributed by atoms with Crippen LogP contribution in [0.5, 0.6) is 11.5 Å². The number of nitrogens with zero attached hydrogens (tertiary/aromatic N) is 4. The zero-order valence-corrected chi connectivity index (χ0v) is 29.4. The molecule has 0 fully saturated rings. The third kappa shape index (κ3) is 5.19. The molecule has 0 bridgehead atoms. The smallest absolute Gasteiger partial charge is 0.135 e. The molecule has 0 radical (unpaired) electrons. The Bertz CT molecular complexity index is 2480. The molecule has 1 aliphatic rings. The fraction of sp³-hybridized carbons (Fsp3) is 0.0952. The Morgan fingerprint density at radius 3 is 2.18 bits per heavy atom. The Morgan fingerprint density at radius 1 is 0.673 bits per heavy atom. The van der Waals surface area contributed by atoms with Crippen LogP contribution in [0.1, 0.15) is 26.3 Å². The molecule has 0 saturated heterocycles. The fourth-order valence-corrected chi connectivity index (χ4v) is 6.71. The van der Waals surface area contributed by atoms with E-state index < -0.39 is 0 Å². The van der Waals surface area contributed by atoms with Gasteiger partial charge in [0.25, 0.3) is 0 Å². The van der Waals surface area contributed by atoms with Gasteiger partial charge in [0.2, 0.25) is 0 Å². The third-order valence-electron chi connectivity index (χ3n) is 8.87. The van der Waals surface area contributed by atoms with Gasteiger partial charge in [0.1, 0.15) is 17.0 Å². The predicted molar refractivity (Wildman–Crippen MR) is 193 cm³/mol. The van der Waals surface area contributed by atoms with Crippen LogP contribution >= 0.6 is 0 Å². The first-order valence-electron chi connectivity index (χ1n) is 16.1. The number of hydrogen-bond donors (Lipinski definition) is 0. The maximum Gasteiger partial charge on any atom is 0.135 e. The summed E-state index contributed by atoms with van der Waals surface area (Å²) in [5.41, 5.74) is 8.90. The van der Waals surface area contributed by atoms with Crippen molar-refractivity contribution in [1.29, 1.82) is 0 Å². The van der Waals surface area contributed by atoms with E-state index in [2.05, 4.69) is 120 Å². The Morgan fingerprint density at radius 2 is 1.39 bits per heavy atom. The van der Waals surface area contributed by atoms with Gasteiger partial charge in [0.15, 0.2) is 0 Å². The fourth-order valence-electron chi connectivity index (χ4n) is 6.71. The first kappa shape index (κ1) is 31.0. The summed E-state index contributed by atoms with van der Waals surface area (Å²) in [4.78, 5) is 9.12. The summed E-state index contributed by atoms with van der Waals surface area (Å²) in [6.07, 6.45) is 1.80. The monoisotopic (exact) mass is 818 g/mol. The van der Waals surface area contributed by atoms with E-state index in [-0.39, 0.29) is 26.5 Å². The number of fused-ring (bicyclic) bond motifs is 6. The Hall–Kier alpha value is -5.32. The Balaban J connectivity index is 0.00000348. The molecular formula is C42H31N4O2Pt-3. The average Bonchev–Trinajstić information content (AvgIpc) is 3.77. The summed E-state index contributed by atoms with van der Waals surface area (Å²) in [5.74, 6) is 1.95. The number of hydrogen-bond acceptors (Lipinski definition) is 5. The standard InChI is InChI=1S/C42H31N4O2.Pt/c1-42(2,3)33-16-5-6-17-34(33)45-27-44(35-18-7-8-19-36(35)45)28-13-12-14-29(25-28)47-30-22-23-31-37(26-30)46(39-21-10-11-24-43-39)40-32-15-4-9-20-38(32)48-41(31)40;/h4-24,27H,1-3H3;/q-3;. The van der Waals surface area contributed by atoms with Gasteiger partial charge >= 0.3 is 0 Å². The van der Waals surface area contributed by atoms with E-state index in [0.717, 1.165) is 61.5 Å². The van der Waals surface area contributed by atoms with Crippen LogP contribution in [0.2, 0.25) is 0 Å². The van der Waals surface area contributed by atoms with Gasteiger partial charge in [-0.15, -0.1) is 42.7 Å². The molecule has 0 saturated carbocycles. The van der Waals surface area contributed by atoms with Crippen LogP contribution in [0.15, 0.2) is 132 Å². The summed E-state index contributed by atoms with van der Waals surface area (Å²) >= 11 is 0. The molecule has 0 aliphatic carbocycles. The van der Waals surface area contributed by atoms with Gasteiger partial charge in [0, 0.05) is 61.2 Å². The minimum atomic E-state index is -0.0175. The van der Waals surface area contributed by atoms with Gasteiger partial charge in [-0.05, 0) is 53.4 Å². The summed E-state index contributed by atoms with van der Waals surface area (Å²) in [7, 11) is 0. The van der Waals surface area contributed by atoms with E-state index in [1.165, 1.54) is 5.56 Å². The van der Waals surface area contributed by atoms with Gasteiger partial charge in [-0.3, -0.25) is 0 Å². The minimum absolute atomic E-state index is 0. The molecule has 0 atom stereocenters. The van der Waals surface area contributed by atoms with Crippen molar-refractivity contribution in [3.05, 3.63) is 152 Å². The molecule has 8 aromatic rings. The molecule has 7 heteroatoms. The van der Waals surface area contributed by atoms with Crippen molar-refractivity contribution in [2.75, 3.05) is 9.80 Å². The van der Waals surface area contributed by atoms with E-state index in [1.807, 2.05) is 60.7 Å². The maximum absolute atomic E-state index is 6.47. The zero-order chi connectivity index (χ0) is 32.4. The topological polar surface area (TPSA) is 46.7 Å². The summed E-state index contributed by atoms with van der Waals surface area (Å²) < 4.78 is 14.9. The number of rotatable bonds is 5. The molecule has 1 aliphatic heterocycles. The van der Waals surface area contributed by atoms with Crippen LogP contribution in [0.4, 0.5) is 22.7 Å². The Kier molecular flexibility index (Phi) is 7.57. The molecule has 6 nitrogen and oxygen atoms in total. The molecule has 244 valence electrons. The molecule has 3 aromatic heterocycles. The van der Waals surface area contributed by atoms with Crippen LogP contribution in [0, 0.1) is 18.8 Å². The second-order valence-electron chi connectivity index (χ2n) is 13.0. The Labute approximate surface area is 299 Å².